The van der Waals surface area contributed by atoms with Crippen molar-refractivity contribution < 1.29 is 14.1 Å². The van der Waals surface area contributed by atoms with Gasteiger partial charge in [0.2, 0.25) is 0 Å². The number of aromatic nitrogens is 2. The standard InChI is InChI=1S/C16H19N3O3/c1-2-21-16(20)14-10-12(22-18-14)11-19-9-5-7-15(19)13-6-3-4-8-17-13/h3-4,6,8,10,15H,2,5,7,9,11H2,1H3. The molecule has 3 heterocycles. The second-order valence-electron chi connectivity index (χ2n) is 5.28. The Morgan fingerprint density at radius 3 is 3.18 bits per heavy atom. The molecule has 116 valence electrons. The van der Waals surface area contributed by atoms with Gasteiger partial charge in [0.15, 0.2) is 11.5 Å². The zero-order chi connectivity index (χ0) is 15.4. The van der Waals surface area contributed by atoms with E-state index in [1.807, 2.05) is 24.4 Å². The molecule has 1 saturated heterocycles. The molecule has 1 atom stereocenters. The van der Waals surface area contributed by atoms with E-state index in [9.17, 15) is 4.79 Å². The first-order chi connectivity index (χ1) is 10.8. The summed E-state index contributed by atoms with van der Waals surface area (Å²) in [6, 6.07) is 7.92. The Bertz CT molecular complexity index is 627. The molecule has 6 nitrogen and oxygen atoms in total. The van der Waals surface area contributed by atoms with E-state index in [-0.39, 0.29) is 11.7 Å². The van der Waals surface area contributed by atoms with E-state index in [1.165, 1.54) is 0 Å². The Morgan fingerprint density at radius 2 is 2.41 bits per heavy atom. The lowest BCUT2D eigenvalue weighted by atomic mass is 10.1. The van der Waals surface area contributed by atoms with Crippen molar-refractivity contribution in [2.24, 2.45) is 0 Å². The van der Waals surface area contributed by atoms with Gasteiger partial charge in [-0.1, -0.05) is 11.2 Å². The quantitative estimate of drug-likeness (QED) is 0.791. The molecule has 0 bridgehead atoms. The van der Waals surface area contributed by atoms with Gasteiger partial charge in [-0.15, -0.1) is 0 Å². The van der Waals surface area contributed by atoms with Crippen molar-refractivity contribution >= 4 is 5.97 Å². The van der Waals surface area contributed by atoms with E-state index in [4.69, 9.17) is 9.26 Å². The van der Waals surface area contributed by atoms with Gasteiger partial charge in [0.05, 0.1) is 24.9 Å². The minimum absolute atomic E-state index is 0.227. The van der Waals surface area contributed by atoms with Crippen LogP contribution in [0, 0.1) is 0 Å². The van der Waals surface area contributed by atoms with Crippen molar-refractivity contribution in [2.75, 3.05) is 13.2 Å². The topological polar surface area (TPSA) is 68.5 Å². The van der Waals surface area contributed by atoms with Gasteiger partial charge in [-0.3, -0.25) is 9.88 Å². The molecule has 0 aliphatic carbocycles. The maximum absolute atomic E-state index is 11.6. The number of hydrogen-bond donors (Lipinski definition) is 0. The Hall–Kier alpha value is -2.21. The zero-order valence-electron chi connectivity index (χ0n) is 12.6. The molecule has 1 aliphatic heterocycles. The molecule has 2 aromatic rings. The second-order valence-corrected chi connectivity index (χ2v) is 5.28. The van der Waals surface area contributed by atoms with Gasteiger partial charge in [-0.25, -0.2) is 4.79 Å². The number of carbonyl (C=O) groups is 1. The Labute approximate surface area is 129 Å². The molecule has 0 saturated carbocycles. The third kappa shape index (κ3) is 3.17. The first kappa shape index (κ1) is 14.7. The first-order valence-corrected chi connectivity index (χ1v) is 7.55. The summed E-state index contributed by atoms with van der Waals surface area (Å²) >= 11 is 0. The van der Waals surface area contributed by atoms with Crippen LogP contribution in [-0.4, -0.2) is 34.2 Å². The fourth-order valence-electron chi connectivity index (χ4n) is 2.81. The van der Waals surface area contributed by atoms with Crippen molar-refractivity contribution in [3.8, 4) is 0 Å². The smallest absolute Gasteiger partial charge is 0.360 e. The van der Waals surface area contributed by atoms with E-state index in [2.05, 4.69) is 15.0 Å². The second kappa shape index (κ2) is 6.70. The Kier molecular flexibility index (Phi) is 4.48. The van der Waals surface area contributed by atoms with Crippen molar-refractivity contribution in [1.29, 1.82) is 0 Å². The van der Waals surface area contributed by atoms with Crippen LogP contribution in [0.25, 0.3) is 0 Å². The van der Waals surface area contributed by atoms with E-state index >= 15 is 0 Å². The molecule has 0 spiro atoms. The van der Waals surface area contributed by atoms with Crippen molar-refractivity contribution in [3.05, 3.63) is 47.6 Å². The average Bonchev–Trinajstić information content (AvgIpc) is 3.18. The number of carbonyl (C=O) groups excluding carboxylic acids is 1. The third-order valence-corrected chi connectivity index (χ3v) is 3.80. The van der Waals surface area contributed by atoms with Crippen LogP contribution in [-0.2, 0) is 11.3 Å². The number of likely N-dealkylation sites (tertiary alicyclic amines) is 1. The summed E-state index contributed by atoms with van der Waals surface area (Å²) in [5, 5.41) is 3.78. The molecular formula is C16H19N3O3. The molecule has 2 aromatic heterocycles. The lowest BCUT2D eigenvalue weighted by molar-refractivity contribution is 0.0514. The van der Waals surface area contributed by atoms with Gasteiger partial charge in [-0.05, 0) is 38.4 Å². The summed E-state index contributed by atoms with van der Waals surface area (Å²) in [7, 11) is 0. The van der Waals surface area contributed by atoms with E-state index in [0.29, 0.717) is 18.9 Å². The van der Waals surface area contributed by atoms with Gasteiger partial charge >= 0.3 is 5.97 Å². The van der Waals surface area contributed by atoms with Gasteiger partial charge in [0, 0.05) is 12.3 Å². The predicted molar refractivity (Wildman–Crippen MR) is 79.1 cm³/mol. The van der Waals surface area contributed by atoms with E-state index < -0.39 is 5.97 Å². The van der Waals surface area contributed by atoms with Gasteiger partial charge in [0.1, 0.15) is 0 Å². The monoisotopic (exact) mass is 301 g/mol. The number of ether oxygens (including phenoxy) is 1. The maximum Gasteiger partial charge on any atom is 0.360 e. The lowest BCUT2D eigenvalue weighted by Crippen LogP contribution is -2.23. The van der Waals surface area contributed by atoms with Crippen LogP contribution in [0.1, 0.15) is 47.7 Å². The predicted octanol–water partition coefficient (Wildman–Crippen LogP) is 2.58. The number of esters is 1. The largest absolute Gasteiger partial charge is 0.461 e. The molecule has 0 N–H and O–H groups in total. The molecular weight excluding hydrogens is 282 g/mol. The zero-order valence-corrected chi connectivity index (χ0v) is 12.6. The number of hydrogen-bond acceptors (Lipinski definition) is 6. The average molecular weight is 301 g/mol. The normalized spacial score (nSPS) is 18.5. The van der Waals surface area contributed by atoms with Crippen LogP contribution in [0.15, 0.2) is 35.0 Å². The van der Waals surface area contributed by atoms with Crippen LogP contribution in [0.2, 0.25) is 0 Å². The first-order valence-electron chi connectivity index (χ1n) is 7.55. The van der Waals surface area contributed by atoms with Crippen molar-refractivity contribution in [1.82, 2.24) is 15.0 Å². The summed E-state index contributed by atoms with van der Waals surface area (Å²) in [6.07, 6.45) is 4.02. The molecule has 6 heteroatoms. The summed E-state index contributed by atoms with van der Waals surface area (Å²) < 4.78 is 10.2. The van der Waals surface area contributed by atoms with Gasteiger partial charge in [-0.2, -0.15) is 0 Å². The molecule has 1 unspecified atom stereocenters. The fourth-order valence-corrected chi connectivity index (χ4v) is 2.81. The highest BCUT2D eigenvalue weighted by atomic mass is 16.5. The fraction of sp³-hybridized carbons (Fsp3) is 0.438. The van der Waals surface area contributed by atoms with Gasteiger partial charge in [0.25, 0.3) is 0 Å². The van der Waals surface area contributed by atoms with Crippen LogP contribution in [0.5, 0.6) is 0 Å². The molecule has 0 radical (unpaired) electrons. The van der Waals surface area contributed by atoms with Crippen molar-refractivity contribution in [2.45, 2.75) is 32.4 Å². The Balaban J connectivity index is 1.69. The summed E-state index contributed by atoms with van der Waals surface area (Å²) in [4.78, 5) is 18.4. The highest BCUT2D eigenvalue weighted by Crippen LogP contribution is 2.31. The highest BCUT2D eigenvalue weighted by molar-refractivity contribution is 5.87. The lowest BCUT2D eigenvalue weighted by Gasteiger charge is -2.22. The summed E-state index contributed by atoms with van der Waals surface area (Å²) in [5.41, 5.74) is 1.30. The van der Waals surface area contributed by atoms with E-state index in [0.717, 1.165) is 25.1 Å². The minimum atomic E-state index is -0.444. The van der Waals surface area contributed by atoms with Crippen LogP contribution >= 0.6 is 0 Å². The highest BCUT2D eigenvalue weighted by Gasteiger charge is 2.28. The number of nitrogens with zero attached hydrogens (tertiary/aromatic N) is 3. The van der Waals surface area contributed by atoms with E-state index in [1.54, 1.807) is 13.0 Å². The van der Waals surface area contributed by atoms with Crippen molar-refractivity contribution in [3.63, 3.8) is 0 Å². The number of pyridine rings is 1. The minimum Gasteiger partial charge on any atom is -0.461 e. The van der Waals surface area contributed by atoms with Gasteiger partial charge < -0.3 is 9.26 Å². The van der Waals surface area contributed by atoms with Crippen LogP contribution < -0.4 is 0 Å². The molecule has 22 heavy (non-hydrogen) atoms. The maximum atomic E-state index is 11.6. The Morgan fingerprint density at radius 1 is 1.50 bits per heavy atom. The van der Waals surface area contributed by atoms with Crippen LogP contribution in [0.3, 0.4) is 0 Å². The summed E-state index contributed by atoms with van der Waals surface area (Å²) in [6.45, 7) is 3.69. The number of rotatable bonds is 5. The molecule has 1 fully saturated rings. The molecule has 0 amide bonds. The molecule has 3 rings (SSSR count). The molecule has 1 aliphatic rings. The van der Waals surface area contributed by atoms with Crippen LogP contribution in [0.4, 0.5) is 0 Å². The SMILES string of the molecule is CCOC(=O)c1cc(CN2CCCC2c2ccccn2)on1. The third-order valence-electron chi connectivity index (χ3n) is 3.80. The molecule has 0 aromatic carbocycles. The summed E-state index contributed by atoms with van der Waals surface area (Å²) in [5.74, 6) is 0.228.